The highest BCUT2D eigenvalue weighted by molar-refractivity contribution is 9.10. The van der Waals surface area contributed by atoms with Gasteiger partial charge in [0.1, 0.15) is 5.82 Å². The molecule has 0 saturated carbocycles. The van der Waals surface area contributed by atoms with Crippen LogP contribution in [0.25, 0.3) is 0 Å². The number of hydrogen-bond acceptors (Lipinski definition) is 2. The molecule has 2 rings (SSSR count). The second-order valence-corrected chi connectivity index (χ2v) is 5.35. The minimum absolute atomic E-state index is 0.00351. The maximum absolute atomic E-state index is 13.2. The van der Waals surface area contributed by atoms with E-state index in [0.29, 0.717) is 16.0 Å². The number of carbonyl (C=O) groups is 1. The van der Waals surface area contributed by atoms with Crippen LogP contribution >= 0.6 is 15.9 Å². The van der Waals surface area contributed by atoms with Crippen molar-refractivity contribution in [2.45, 2.75) is 13.3 Å². The number of benzene rings is 1. The standard InChI is InChI=1S/C12H14BrFN2O/c1-7-2-3-16(6-7)12(17)8-4-11(15)10(14)5-9(8)13/h4-5,7H,2-3,6,15H2,1H3. The van der Waals surface area contributed by atoms with E-state index in [1.807, 2.05) is 0 Å². The maximum atomic E-state index is 13.2. The van der Waals surface area contributed by atoms with Gasteiger partial charge in [-0.15, -0.1) is 0 Å². The van der Waals surface area contributed by atoms with E-state index in [2.05, 4.69) is 22.9 Å². The summed E-state index contributed by atoms with van der Waals surface area (Å²) in [5, 5.41) is 0. The first kappa shape index (κ1) is 12.4. The molecule has 1 aliphatic heterocycles. The monoisotopic (exact) mass is 300 g/mol. The van der Waals surface area contributed by atoms with E-state index in [4.69, 9.17) is 5.73 Å². The summed E-state index contributed by atoms with van der Waals surface area (Å²) in [6.07, 6.45) is 1.01. The molecule has 1 saturated heterocycles. The molecule has 1 aromatic rings. The summed E-state index contributed by atoms with van der Waals surface area (Å²) in [5.41, 5.74) is 5.92. The van der Waals surface area contributed by atoms with E-state index < -0.39 is 5.82 Å². The van der Waals surface area contributed by atoms with Crippen molar-refractivity contribution in [2.75, 3.05) is 18.8 Å². The van der Waals surface area contributed by atoms with Gasteiger partial charge in [-0.25, -0.2) is 4.39 Å². The molecule has 1 aromatic carbocycles. The van der Waals surface area contributed by atoms with Crippen LogP contribution in [0.4, 0.5) is 10.1 Å². The molecular formula is C12H14BrFN2O. The zero-order chi connectivity index (χ0) is 12.6. The number of halogens is 2. The van der Waals surface area contributed by atoms with Gasteiger partial charge in [0.25, 0.3) is 5.91 Å². The number of likely N-dealkylation sites (tertiary alicyclic amines) is 1. The van der Waals surface area contributed by atoms with Crippen molar-refractivity contribution in [3.05, 3.63) is 28.0 Å². The Balaban J connectivity index is 2.28. The van der Waals surface area contributed by atoms with Gasteiger partial charge >= 0.3 is 0 Å². The fourth-order valence-corrected chi connectivity index (χ4v) is 2.50. The molecule has 92 valence electrons. The van der Waals surface area contributed by atoms with E-state index >= 15 is 0 Å². The maximum Gasteiger partial charge on any atom is 0.255 e. The molecule has 1 unspecified atom stereocenters. The van der Waals surface area contributed by atoms with Crippen LogP contribution in [-0.2, 0) is 0 Å². The van der Waals surface area contributed by atoms with E-state index in [-0.39, 0.29) is 11.6 Å². The molecule has 2 N–H and O–H groups in total. The van der Waals surface area contributed by atoms with Crippen molar-refractivity contribution < 1.29 is 9.18 Å². The normalized spacial score (nSPS) is 19.7. The lowest BCUT2D eigenvalue weighted by atomic mass is 10.1. The molecule has 0 bridgehead atoms. The molecule has 0 aliphatic carbocycles. The van der Waals surface area contributed by atoms with Crippen LogP contribution in [0, 0.1) is 11.7 Å². The Kier molecular flexibility index (Phi) is 3.38. The summed E-state index contributed by atoms with van der Waals surface area (Å²) < 4.78 is 13.6. The Labute approximate surface area is 108 Å². The van der Waals surface area contributed by atoms with Gasteiger partial charge in [-0.3, -0.25) is 4.79 Å². The van der Waals surface area contributed by atoms with E-state index in [0.717, 1.165) is 19.5 Å². The number of rotatable bonds is 1. The third kappa shape index (κ3) is 2.44. The fraction of sp³-hybridized carbons (Fsp3) is 0.417. The molecule has 1 fully saturated rings. The first-order chi connectivity index (χ1) is 7.99. The average molecular weight is 301 g/mol. The SMILES string of the molecule is CC1CCN(C(=O)c2cc(N)c(F)cc2Br)C1. The van der Waals surface area contributed by atoms with Crippen LogP contribution in [0.15, 0.2) is 16.6 Å². The lowest BCUT2D eigenvalue weighted by Crippen LogP contribution is -2.28. The first-order valence-corrected chi connectivity index (χ1v) is 6.32. The van der Waals surface area contributed by atoms with E-state index in [1.165, 1.54) is 12.1 Å². The number of nitrogens with zero attached hydrogens (tertiary/aromatic N) is 1. The zero-order valence-corrected chi connectivity index (χ0v) is 11.1. The van der Waals surface area contributed by atoms with Crippen LogP contribution in [-0.4, -0.2) is 23.9 Å². The number of nitrogen functional groups attached to an aromatic ring is 1. The number of carbonyl (C=O) groups excluding carboxylic acids is 1. The Morgan fingerprint density at radius 2 is 2.29 bits per heavy atom. The van der Waals surface area contributed by atoms with Gasteiger partial charge in [-0.2, -0.15) is 0 Å². The Hall–Kier alpha value is -1.10. The number of hydrogen-bond donors (Lipinski definition) is 1. The van der Waals surface area contributed by atoms with Crippen LogP contribution < -0.4 is 5.73 Å². The topological polar surface area (TPSA) is 46.3 Å². The lowest BCUT2D eigenvalue weighted by molar-refractivity contribution is 0.0787. The molecule has 0 spiro atoms. The first-order valence-electron chi connectivity index (χ1n) is 5.53. The average Bonchev–Trinajstić information content (AvgIpc) is 2.69. The third-order valence-corrected chi connectivity index (χ3v) is 3.68. The Bertz CT molecular complexity index is 464. The largest absolute Gasteiger partial charge is 0.396 e. The molecule has 1 atom stereocenters. The molecule has 0 radical (unpaired) electrons. The van der Waals surface area contributed by atoms with Crippen molar-refractivity contribution >= 4 is 27.5 Å². The summed E-state index contributed by atoms with van der Waals surface area (Å²) in [5.74, 6) is -0.0772. The van der Waals surface area contributed by atoms with Gasteiger partial charge in [0.2, 0.25) is 0 Å². The number of anilines is 1. The van der Waals surface area contributed by atoms with Crippen molar-refractivity contribution in [1.29, 1.82) is 0 Å². The van der Waals surface area contributed by atoms with Crippen LogP contribution in [0.1, 0.15) is 23.7 Å². The minimum atomic E-state index is -0.511. The van der Waals surface area contributed by atoms with Gasteiger partial charge in [0.15, 0.2) is 0 Å². The predicted molar refractivity (Wildman–Crippen MR) is 68.2 cm³/mol. The second-order valence-electron chi connectivity index (χ2n) is 4.50. The van der Waals surface area contributed by atoms with E-state index in [1.54, 1.807) is 4.90 Å². The zero-order valence-electron chi connectivity index (χ0n) is 9.54. The summed E-state index contributed by atoms with van der Waals surface area (Å²) in [4.78, 5) is 14.0. The highest BCUT2D eigenvalue weighted by Gasteiger charge is 2.25. The summed E-state index contributed by atoms with van der Waals surface area (Å²) in [6, 6.07) is 2.63. The van der Waals surface area contributed by atoms with Crippen LogP contribution in [0.5, 0.6) is 0 Å². The molecule has 1 heterocycles. The Morgan fingerprint density at radius 1 is 1.59 bits per heavy atom. The highest BCUT2D eigenvalue weighted by atomic mass is 79.9. The van der Waals surface area contributed by atoms with Crippen LogP contribution in [0.2, 0.25) is 0 Å². The van der Waals surface area contributed by atoms with Crippen molar-refractivity contribution in [3.63, 3.8) is 0 Å². The van der Waals surface area contributed by atoms with Gasteiger partial charge in [-0.05, 0) is 40.4 Å². The minimum Gasteiger partial charge on any atom is -0.396 e. The molecular weight excluding hydrogens is 287 g/mol. The van der Waals surface area contributed by atoms with Gasteiger partial charge < -0.3 is 10.6 Å². The fourth-order valence-electron chi connectivity index (χ4n) is 2.02. The Morgan fingerprint density at radius 3 is 2.88 bits per heavy atom. The third-order valence-electron chi connectivity index (χ3n) is 3.03. The number of amides is 1. The molecule has 1 amide bonds. The summed E-state index contributed by atoms with van der Waals surface area (Å²) in [6.45, 7) is 3.62. The number of nitrogens with two attached hydrogens (primary N) is 1. The van der Waals surface area contributed by atoms with Gasteiger partial charge in [0, 0.05) is 17.6 Å². The molecule has 5 heteroatoms. The van der Waals surface area contributed by atoms with Crippen molar-refractivity contribution in [3.8, 4) is 0 Å². The summed E-state index contributed by atoms with van der Waals surface area (Å²) >= 11 is 3.20. The molecule has 1 aliphatic rings. The molecule has 0 aromatic heterocycles. The highest BCUT2D eigenvalue weighted by Crippen LogP contribution is 2.26. The van der Waals surface area contributed by atoms with E-state index in [9.17, 15) is 9.18 Å². The second kappa shape index (κ2) is 4.64. The van der Waals surface area contributed by atoms with Crippen molar-refractivity contribution in [2.24, 2.45) is 5.92 Å². The quantitative estimate of drug-likeness (QED) is 0.811. The van der Waals surface area contributed by atoms with Crippen molar-refractivity contribution in [1.82, 2.24) is 4.90 Å². The molecule has 3 nitrogen and oxygen atoms in total. The van der Waals surface area contributed by atoms with Crippen LogP contribution in [0.3, 0.4) is 0 Å². The smallest absolute Gasteiger partial charge is 0.255 e. The van der Waals surface area contributed by atoms with Gasteiger partial charge in [-0.1, -0.05) is 6.92 Å². The lowest BCUT2D eigenvalue weighted by Gasteiger charge is -2.17. The summed E-state index contributed by atoms with van der Waals surface area (Å²) in [7, 11) is 0. The van der Waals surface area contributed by atoms with Gasteiger partial charge in [0.05, 0.1) is 11.3 Å². The molecule has 17 heavy (non-hydrogen) atoms. The predicted octanol–water partition coefficient (Wildman–Crippen LogP) is 2.65.